The number of piperazine rings is 1. The maximum Gasteiger partial charge on any atom is 0.253 e. The summed E-state index contributed by atoms with van der Waals surface area (Å²) < 4.78 is 10.6. The zero-order valence-corrected chi connectivity index (χ0v) is 14.3. The molecular formula is C16H21ClN4O3. The molecule has 1 aromatic heterocycles. The van der Waals surface area contributed by atoms with Crippen LogP contribution in [-0.4, -0.2) is 47.1 Å². The molecule has 2 heterocycles. The quantitative estimate of drug-likeness (QED) is 0.881. The van der Waals surface area contributed by atoms with Gasteiger partial charge in [0.15, 0.2) is 6.61 Å². The van der Waals surface area contributed by atoms with Crippen LogP contribution in [-0.2, 0) is 13.0 Å². The van der Waals surface area contributed by atoms with Crippen LogP contribution < -0.4 is 10.1 Å². The molecule has 0 unspecified atom stereocenters. The van der Waals surface area contributed by atoms with Crippen molar-refractivity contribution in [1.82, 2.24) is 20.4 Å². The number of rotatable bonds is 5. The Hall–Kier alpha value is -2.12. The van der Waals surface area contributed by atoms with Crippen molar-refractivity contribution in [3.63, 3.8) is 0 Å². The molecular weight excluding hydrogens is 332 g/mol. The van der Waals surface area contributed by atoms with Crippen LogP contribution in [0.1, 0.15) is 29.0 Å². The number of hydrogen-bond donors (Lipinski definition) is 1. The van der Waals surface area contributed by atoms with Crippen molar-refractivity contribution < 1.29 is 14.1 Å². The second-order valence-corrected chi connectivity index (χ2v) is 5.31. The number of nitrogens with zero attached hydrogens (tertiary/aromatic N) is 3. The van der Waals surface area contributed by atoms with Crippen LogP contribution in [0, 0.1) is 0 Å². The third-order valence-corrected chi connectivity index (χ3v) is 3.69. The van der Waals surface area contributed by atoms with Crippen molar-refractivity contribution in [2.75, 3.05) is 26.2 Å². The number of carbonyl (C=O) groups excluding carboxylic acids is 1. The summed E-state index contributed by atoms with van der Waals surface area (Å²) in [7, 11) is 0. The number of amides is 1. The largest absolute Gasteiger partial charge is 0.485 e. The van der Waals surface area contributed by atoms with Gasteiger partial charge in [-0.15, -0.1) is 12.4 Å². The third kappa shape index (κ3) is 4.46. The molecule has 24 heavy (non-hydrogen) atoms. The van der Waals surface area contributed by atoms with E-state index in [1.807, 2.05) is 11.8 Å². The van der Waals surface area contributed by atoms with E-state index in [1.54, 1.807) is 24.3 Å². The average molecular weight is 353 g/mol. The Morgan fingerprint density at radius 2 is 2.00 bits per heavy atom. The number of halogens is 1. The SMILES string of the molecule is CCc1nc(COc2ccc(C(=O)N3CCNCC3)cc2)no1.Cl. The van der Waals surface area contributed by atoms with E-state index in [0.29, 0.717) is 29.4 Å². The molecule has 1 aliphatic rings. The highest BCUT2D eigenvalue weighted by molar-refractivity contribution is 5.94. The van der Waals surface area contributed by atoms with Crippen molar-refractivity contribution in [1.29, 1.82) is 0 Å². The normalized spacial score (nSPS) is 14.1. The molecule has 1 N–H and O–H groups in total. The number of ether oxygens (including phenoxy) is 1. The van der Waals surface area contributed by atoms with Gasteiger partial charge in [0.1, 0.15) is 5.75 Å². The zero-order chi connectivity index (χ0) is 16.1. The van der Waals surface area contributed by atoms with Crippen LogP contribution >= 0.6 is 12.4 Å². The van der Waals surface area contributed by atoms with Gasteiger partial charge in [-0.3, -0.25) is 4.79 Å². The zero-order valence-electron chi connectivity index (χ0n) is 13.5. The molecule has 0 spiro atoms. The Morgan fingerprint density at radius 3 is 2.62 bits per heavy atom. The van der Waals surface area contributed by atoms with E-state index in [9.17, 15) is 4.79 Å². The van der Waals surface area contributed by atoms with E-state index in [1.165, 1.54) is 0 Å². The summed E-state index contributed by atoms with van der Waals surface area (Å²) in [5.74, 6) is 1.84. The first-order chi connectivity index (χ1) is 11.3. The fraction of sp³-hybridized carbons (Fsp3) is 0.438. The number of aryl methyl sites for hydroxylation is 1. The number of hydrogen-bond acceptors (Lipinski definition) is 6. The summed E-state index contributed by atoms with van der Waals surface area (Å²) in [6.07, 6.45) is 0.704. The minimum atomic E-state index is 0. The van der Waals surface area contributed by atoms with Gasteiger partial charge in [0.05, 0.1) is 0 Å². The van der Waals surface area contributed by atoms with E-state index < -0.39 is 0 Å². The monoisotopic (exact) mass is 352 g/mol. The molecule has 8 heteroatoms. The lowest BCUT2D eigenvalue weighted by molar-refractivity contribution is 0.0736. The molecule has 0 aliphatic carbocycles. The fourth-order valence-corrected chi connectivity index (χ4v) is 2.38. The highest BCUT2D eigenvalue weighted by atomic mass is 35.5. The smallest absolute Gasteiger partial charge is 0.253 e. The first-order valence-electron chi connectivity index (χ1n) is 7.80. The number of aromatic nitrogens is 2. The number of benzene rings is 1. The highest BCUT2D eigenvalue weighted by Crippen LogP contribution is 2.15. The molecule has 0 atom stereocenters. The van der Waals surface area contributed by atoms with Crippen LogP contribution in [0.2, 0.25) is 0 Å². The highest BCUT2D eigenvalue weighted by Gasteiger charge is 2.17. The molecule has 1 aromatic carbocycles. The number of nitrogens with one attached hydrogen (secondary N) is 1. The molecule has 130 valence electrons. The van der Waals surface area contributed by atoms with Gasteiger partial charge in [0.25, 0.3) is 5.91 Å². The van der Waals surface area contributed by atoms with Gasteiger partial charge in [-0.2, -0.15) is 4.98 Å². The van der Waals surface area contributed by atoms with Gasteiger partial charge in [0, 0.05) is 38.2 Å². The molecule has 0 bridgehead atoms. The first-order valence-corrected chi connectivity index (χ1v) is 7.80. The van der Waals surface area contributed by atoms with E-state index in [4.69, 9.17) is 9.26 Å². The summed E-state index contributed by atoms with van der Waals surface area (Å²) in [6.45, 7) is 5.37. The van der Waals surface area contributed by atoms with Crippen LogP contribution in [0.15, 0.2) is 28.8 Å². The van der Waals surface area contributed by atoms with Gasteiger partial charge in [-0.05, 0) is 24.3 Å². The lowest BCUT2D eigenvalue weighted by Crippen LogP contribution is -2.46. The molecule has 1 aliphatic heterocycles. The van der Waals surface area contributed by atoms with E-state index in [-0.39, 0.29) is 24.9 Å². The molecule has 3 rings (SSSR count). The Morgan fingerprint density at radius 1 is 1.29 bits per heavy atom. The van der Waals surface area contributed by atoms with Crippen LogP contribution in [0.4, 0.5) is 0 Å². The molecule has 0 radical (unpaired) electrons. The predicted octanol–water partition coefficient (Wildman–Crippen LogP) is 1.68. The summed E-state index contributed by atoms with van der Waals surface area (Å²) in [6, 6.07) is 7.15. The Kier molecular flexibility index (Phi) is 6.57. The standard InChI is InChI=1S/C16H20N4O3.ClH/c1-2-15-18-14(19-23-15)11-22-13-5-3-12(4-6-13)16(21)20-9-7-17-8-10-20;/h3-6,17H,2,7-11H2,1H3;1H. The van der Waals surface area contributed by atoms with Gasteiger partial charge in [-0.1, -0.05) is 12.1 Å². The van der Waals surface area contributed by atoms with Gasteiger partial charge < -0.3 is 19.5 Å². The van der Waals surface area contributed by atoms with Crippen LogP contribution in [0.25, 0.3) is 0 Å². The van der Waals surface area contributed by atoms with Crippen LogP contribution in [0.3, 0.4) is 0 Å². The van der Waals surface area contributed by atoms with Crippen molar-refractivity contribution in [2.24, 2.45) is 0 Å². The lowest BCUT2D eigenvalue weighted by atomic mass is 10.2. The minimum absolute atomic E-state index is 0. The molecule has 0 saturated carbocycles. The number of carbonyl (C=O) groups is 1. The summed E-state index contributed by atoms with van der Waals surface area (Å²) in [5, 5.41) is 7.07. The summed E-state index contributed by atoms with van der Waals surface area (Å²) in [4.78, 5) is 18.4. The van der Waals surface area contributed by atoms with Gasteiger partial charge in [-0.25, -0.2) is 0 Å². The topological polar surface area (TPSA) is 80.5 Å². The van der Waals surface area contributed by atoms with Crippen molar-refractivity contribution in [2.45, 2.75) is 20.0 Å². The van der Waals surface area contributed by atoms with Crippen molar-refractivity contribution >= 4 is 18.3 Å². The first kappa shape index (κ1) is 18.2. The fourth-order valence-electron chi connectivity index (χ4n) is 2.38. The van der Waals surface area contributed by atoms with Gasteiger partial charge >= 0.3 is 0 Å². The predicted molar refractivity (Wildman–Crippen MR) is 90.5 cm³/mol. The molecule has 1 fully saturated rings. The molecule has 2 aromatic rings. The third-order valence-electron chi connectivity index (χ3n) is 3.69. The second-order valence-electron chi connectivity index (χ2n) is 5.31. The Bertz CT molecular complexity index is 654. The summed E-state index contributed by atoms with van der Waals surface area (Å²) >= 11 is 0. The van der Waals surface area contributed by atoms with E-state index in [0.717, 1.165) is 26.2 Å². The van der Waals surface area contributed by atoms with Gasteiger partial charge in [0.2, 0.25) is 11.7 Å². The summed E-state index contributed by atoms with van der Waals surface area (Å²) in [5.41, 5.74) is 0.673. The Labute approximate surface area is 146 Å². The van der Waals surface area contributed by atoms with Crippen molar-refractivity contribution in [3.8, 4) is 5.75 Å². The maximum absolute atomic E-state index is 12.4. The molecule has 7 nitrogen and oxygen atoms in total. The van der Waals surface area contributed by atoms with Crippen molar-refractivity contribution in [3.05, 3.63) is 41.5 Å². The second kappa shape index (κ2) is 8.65. The minimum Gasteiger partial charge on any atom is -0.485 e. The molecule has 1 amide bonds. The lowest BCUT2D eigenvalue weighted by Gasteiger charge is -2.27. The maximum atomic E-state index is 12.4. The van der Waals surface area contributed by atoms with E-state index in [2.05, 4.69) is 15.5 Å². The molecule has 1 saturated heterocycles. The Balaban J connectivity index is 0.00000208. The average Bonchev–Trinajstić information content (AvgIpc) is 3.09. The van der Waals surface area contributed by atoms with Crippen LogP contribution in [0.5, 0.6) is 5.75 Å². The van der Waals surface area contributed by atoms with E-state index >= 15 is 0 Å².